The lowest BCUT2D eigenvalue weighted by atomic mass is 9.86. The fourth-order valence-corrected chi connectivity index (χ4v) is 6.78. The Morgan fingerprint density at radius 2 is 2.13 bits per heavy atom. The number of aromatic nitrogens is 2. The summed E-state index contributed by atoms with van der Waals surface area (Å²) in [4.78, 5) is 32.9. The highest BCUT2D eigenvalue weighted by molar-refractivity contribution is 7.99. The van der Waals surface area contributed by atoms with Crippen molar-refractivity contribution < 1.29 is 9.53 Å². The number of fused-ring (bicyclic) bond motifs is 3. The van der Waals surface area contributed by atoms with Crippen LogP contribution in [0.1, 0.15) is 55.9 Å². The van der Waals surface area contributed by atoms with Gasteiger partial charge in [-0.3, -0.25) is 14.2 Å². The quantitative estimate of drug-likeness (QED) is 0.377. The number of methoxy groups -OCH3 is 1. The van der Waals surface area contributed by atoms with Gasteiger partial charge in [0.15, 0.2) is 5.16 Å². The minimum Gasteiger partial charge on any atom is -0.385 e. The number of nitrogens with one attached hydrogen (secondary N) is 1. The zero-order chi connectivity index (χ0) is 21.1. The minimum atomic E-state index is 0.0326. The van der Waals surface area contributed by atoms with Crippen LogP contribution in [-0.2, 0) is 28.9 Å². The van der Waals surface area contributed by atoms with Crippen LogP contribution >= 0.6 is 23.1 Å². The minimum absolute atomic E-state index is 0.0326. The van der Waals surface area contributed by atoms with Crippen molar-refractivity contribution in [3.8, 4) is 0 Å². The van der Waals surface area contributed by atoms with Crippen molar-refractivity contribution in [3.63, 3.8) is 0 Å². The van der Waals surface area contributed by atoms with Crippen molar-refractivity contribution in [2.75, 3.05) is 19.5 Å². The average Bonchev–Trinajstić information content (AvgIpc) is 3.31. The fourth-order valence-electron chi connectivity index (χ4n) is 4.64. The molecule has 0 aromatic carbocycles. The first-order valence-corrected chi connectivity index (χ1v) is 12.8. The molecule has 1 amide bonds. The van der Waals surface area contributed by atoms with E-state index in [4.69, 9.17) is 9.72 Å². The van der Waals surface area contributed by atoms with Gasteiger partial charge in [0.2, 0.25) is 5.91 Å². The zero-order valence-electron chi connectivity index (χ0n) is 17.9. The predicted octanol–water partition coefficient (Wildman–Crippen LogP) is 3.77. The topological polar surface area (TPSA) is 73.2 Å². The third-order valence-electron chi connectivity index (χ3n) is 6.31. The van der Waals surface area contributed by atoms with Crippen LogP contribution in [0.15, 0.2) is 9.95 Å². The second-order valence-corrected chi connectivity index (χ2v) is 10.5. The van der Waals surface area contributed by atoms with Crippen LogP contribution in [0, 0.1) is 5.92 Å². The molecular weight excluding hydrogens is 418 g/mol. The van der Waals surface area contributed by atoms with Gasteiger partial charge in [-0.15, -0.1) is 11.3 Å². The molecule has 1 fully saturated rings. The number of ether oxygens (including phenoxy) is 1. The lowest BCUT2D eigenvalue weighted by Crippen LogP contribution is -2.42. The maximum absolute atomic E-state index is 13.3. The van der Waals surface area contributed by atoms with Crippen LogP contribution in [0.25, 0.3) is 10.2 Å². The van der Waals surface area contributed by atoms with Crippen LogP contribution in [0.2, 0.25) is 0 Å². The fraction of sp³-hybridized carbons (Fsp3) is 0.682. The van der Waals surface area contributed by atoms with E-state index >= 15 is 0 Å². The maximum Gasteiger partial charge on any atom is 0.263 e. The number of thioether (sulfide) groups is 1. The molecule has 2 aliphatic rings. The Morgan fingerprint density at radius 3 is 2.93 bits per heavy atom. The van der Waals surface area contributed by atoms with Crippen LogP contribution in [-0.4, -0.2) is 41.0 Å². The van der Waals surface area contributed by atoms with Crippen LogP contribution < -0.4 is 10.9 Å². The van der Waals surface area contributed by atoms with Crippen LogP contribution in [0.5, 0.6) is 0 Å². The normalized spacial score (nSPS) is 21.1. The van der Waals surface area contributed by atoms with Crippen molar-refractivity contribution in [1.82, 2.24) is 14.9 Å². The Balaban J connectivity index is 1.53. The number of nitrogens with zero attached hydrogens (tertiary/aromatic N) is 2. The number of rotatable bonds is 8. The molecule has 2 aliphatic carbocycles. The molecule has 0 saturated heterocycles. The molecule has 1 N–H and O–H groups in total. The summed E-state index contributed by atoms with van der Waals surface area (Å²) < 4.78 is 6.94. The Labute approximate surface area is 185 Å². The molecule has 2 aromatic rings. The highest BCUT2D eigenvalue weighted by Gasteiger charge is 2.25. The standard InChI is InChI=1S/C22H31N3O3S2/c1-14-7-3-4-9-16(14)23-18(26)13-29-22-24-20-19(15-8-5-10-17(15)30-20)21(27)25(22)11-6-12-28-2/h14,16H,3-13H2,1-2H3,(H,23,26). The van der Waals surface area contributed by atoms with Gasteiger partial charge in [-0.05, 0) is 50.0 Å². The van der Waals surface area contributed by atoms with E-state index < -0.39 is 0 Å². The van der Waals surface area contributed by atoms with Gasteiger partial charge in [0.1, 0.15) is 4.83 Å². The SMILES string of the molecule is COCCCn1c(SCC(=O)NC2CCCCC2C)nc2sc3c(c2c1=O)CCC3. The van der Waals surface area contributed by atoms with Gasteiger partial charge in [0.25, 0.3) is 5.56 Å². The summed E-state index contributed by atoms with van der Waals surface area (Å²) in [6.07, 6.45) is 8.56. The van der Waals surface area contributed by atoms with Crippen molar-refractivity contribution in [2.45, 2.75) is 76.0 Å². The Hall–Kier alpha value is -1.38. The summed E-state index contributed by atoms with van der Waals surface area (Å²) >= 11 is 3.03. The summed E-state index contributed by atoms with van der Waals surface area (Å²) in [5.41, 5.74) is 1.24. The highest BCUT2D eigenvalue weighted by atomic mass is 32.2. The zero-order valence-corrected chi connectivity index (χ0v) is 19.5. The van der Waals surface area contributed by atoms with Crippen molar-refractivity contribution in [1.29, 1.82) is 0 Å². The molecule has 0 bridgehead atoms. The number of hydrogen-bond donors (Lipinski definition) is 1. The Morgan fingerprint density at radius 1 is 1.30 bits per heavy atom. The molecule has 0 spiro atoms. The van der Waals surface area contributed by atoms with Gasteiger partial charge < -0.3 is 10.1 Å². The largest absolute Gasteiger partial charge is 0.385 e. The van der Waals surface area contributed by atoms with Crippen LogP contribution in [0.4, 0.5) is 0 Å². The summed E-state index contributed by atoms with van der Waals surface area (Å²) in [5.74, 6) is 0.851. The van der Waals surface area contributed by atoms with Crippen molar-refractivity contribution in [2.24, 2.45) is 5.92 Å². The molecule has 6 nitrogen and oxygen atoms in total. The van der Waals surface area contributed by atoms with E-state index in [-0.39, 0.29) is 23.3 Å². The molecular formula is C22H31N3O3S2. The number of aryl methyl sites for hydroxylation is 2. The van der Waals surface area contributed by atoms with E-state index in [9.17, 15) is 9.59 Å². The first-order chi connectivity index (χ1) is 14.6. The molecule has 1 saturated carbocycles. The predicted molar refractivity (Wildman–Crippen MR) is 123 cm³/mol. The second kappa shape index (κ2) is 9.83. The number of carbonyl (C=O) groups excluding carboxylic acids is 1. The number of thiophene rings is 1. The first-order valence-electron chi connectivity index (χ1n) is 11.0. The average molecular weight is 450 g/mol. The molecule has 4 rings (SSSR count). The number of carbonyl (C=O) groups is 1. The third-order valence-corrected chi connectivity index (χ3v) is 8.47. The third kappa shape index (κ3) is 4.60. The lowest BCUT2D eigenvalue weighted by Gasteiger charge is -2.29. The summed E-state index contributed by atoms with van der Waals surface area (Å²) in [5, 5.41) is 4.65. The molecule has 2 heterocycles. The molecule has 30 heavy (non-hydrogen) atoms. The lowest BCUT2D eigenvalue weighted by molar-refractivity contribution is -0.119. The molecule has 2 aromatic heterocycles. The molecule has 164 valence electrons. The van der Waals surface area contributed by atoms with Gasteiger partial charge in [-0.1, -0.05) is 31.5 Å². The first kappa shape index (κ1) is 21.8. The molecule has 2 atom stereocenters. The highest BCUT2D eigenvalue weighted by Crippen LogP contribution is 2.35. The van der Waals surface area contributed by atoms with Gasteiger partial charge >= 0.3 is 0 Å². The van der Waals surface area contributed by atoms with E-state index in [1.54, 1.807) is 23.0 Å². The van der Waals surface area contributed by atoms with Gasteiger partial charge in [0.05, 0.1) is 11.1 Å². The molecule has 2 unspecified atom stereocenters. The number of hydrogen-bond acceptors (Lipinski definition) is 6. The number of amides is 1. The Kier molecular flexibility index (Phi) is 7.16. The molecule has 8 heteroatoms. The van der Waals surface area contributed by atoms with Gasteiger partial charge in [0, 0.05) is 31.2 Å². The van der Waals surface area contributed by atoms with E-state index in [1.807, 2.05) is 0 Å². The smallest absolute Gasteiger partial charge is 0.263 e. The van der Waals surface area contributed by atoms with E-state index in [2.05, 4.69) is 12.2 Å². The van der Waals surface area contributed by atoms with Crippen molar-refractivity contribution >= 4 is 39.2 Å². The van der Waals surface area contributed by atoms with E-state index in [1.165, 1.54) is 41.5 Å². The summed E-state index contributed by atoms with van der Waals surface area (Å²) in [7, 11) is 1.67. The molecule has 0 aliphatic heterocycles. The van der Waals surface area contributed by atoms with Crippen molar-refractivity contribution in [3.05, 3.63) is 20.8 Å². The summed E-state index contributed by atoms with van der Waals surface area (Å²) in [6, 6.07) is 0.270. The van der Waals surface area contributed by atoms with E-state index in [0.29, 0.717) is 24.2 Å². The monoisotopic (exact) mass is 449 g/mol. The summed E-state index contributed by atoms with van der Waals surface area (Å²) in [6.45, 7) is 3.37. The van der Waals surface area contributed by atoms with Crippen LogP contribution in [0.3, 0.4) is 0 Å². The second-order valence-electron chi connectivity index (χ2n) is 8.46. The maximum atomic E-state index is 13.3. The van der Waals surface area contributed by atoms with Gasteiger partial charge in [-0.25, -0.2) is 4.98 Å². The van der Waals surface area contributed by atoms with Gasteiger partial charge in [-0.2, -0.15) is 0 Å². The molecule has 0 radical (unpaired) electrons. The Bertz CT molecular complexity index is 969. The van der Waals surface area contributed by atoms with E-state index in [0.717, 1.165) is 42.3 Å².